The van der Waals surface area contributed by atoms with Crippen LogP contribution in [0.25, 0.3) is 6.08 Å². The average molecular weight is 463 g/mol. The lowest BCUT2D eigenvalue weighted by Crippen LogP contribution is -2.13. The minimum atomic E-state index is -1.20. The van der Waals surface area contributed by atoms with Gasteiger partial charge >= 0.3 is 11.9 Å². The number of carbonyl (C=O) groups is 3. The Morgan fingerprint density at radius 1 is 1.16 bits per heavy atom. The molecule has 2 aromatic carbocycles. The van der Waals surface area contributed by atoms with E-state index in [0.29, 0.717) is 16.8 Å². The summed E-state index contributed by atoms with van der Waals surface area (Å²) in [7, 11) is 0. The second kappa shape index (κ2) is 11.0. The van der Waals surface area contributed by atoms with Crippen LogP contribution in [0.4, 0.5) is 5.69 Å². The molecule has 0 aliphatic rings. The molecular formula is C21H16Cl2N2O6. The van der Waals surface area contributed by atoms with Crippen LogP contribution in [-0.4, -0.2) is 36.2 Å². The molecular weight excluding hydrogens is 447 g/mol. The molecule has 0 saturated heterocycles. The Labute approximate surface area is 187 Å². The van der Waals surface area contributed by atoms with E-state index >= 15 is 0 Å². The van der Waals surface area contributed by atoms with Crippen LogP contribution < -0.4 is 10.1 Å². The van der Waals surface area contributed by atoms with Crippen molar-refractivity contribution in [2.75, 3.05) is 18.5 Å². The number of nitrogens with zero attached hydrogens (tertiary/aromatic N) is 1. The molecule has 2 aromatic rings. The van der Waals surface area contributed by atoms with Gasteiger partial charge in [-0.1, -0.05) is 23.2 Å². The van der Waals surface area contributed by atoms with Crippen molar-refractivity contribution in [2.24, 2.45) is 0 Å². The maximum absolute atomic E-state index is 12.4. The van der Waals surface area contributed by atoms with E-state index in [1.54, 1.807) is 13.0 Å². The summed E-state index contributed by atoms with van der Waals surface area (Å²) in [4.78, 5) is 34.7. The smallest absolute Gasteiger partial charge is 0.341 e. The Morgan fingerprint density at radius 3 is 2.29 bits per heavy atom. The van der Waals surface area contributed by atoms with Crippen LogP contribution in [0.5, 0.6) is 5.75 Å². The van der Waals surface area contributed by atoms with Crippen molar-refractivity contribution in [1.29, 1.82) is 5.26 Å². The van der Waals surface area contributed by atoms with E-state index in [4.69, 9.17) is 37.8 Å². The highest BCUT2D eigenvalue weighted by Gasteiger charge is 2.14. The number of rotatable bonds is 8. The van der Waals surface area contributed by atoms with Gasteiger partial charge in [-0.3, -0.25) is 4.79 Å². The number of aliphatic carboxylic acids is 1. The molecule has 160 valence electrons. The number of ether oxygens (including phenoxy) is 2. The molecule has 0 unspecified atom stereocenters. The molecule has 0 heterocycles. The van der Waals surface area contributed by atoms with Gasteiger partial charge in [0, 0.05) is 5.69 Å². The maximum atomic E-state index is 12.4. The molecule has 0 spiro atoms. The van der Waals surface area contributed by atoms with Crippen molar-refractivity contribution in [1.82, 2.24) is 0 Å². The van der Waals surface area contributed by atoms with Crippen molar-refractivity contribution in [3.63, 3.8) is 0 Å². The van der Waals surface area contributed by atoms with Crippen LogP contribution in [0.2, 0.25) is 10.0 Å². The van der Waals surface area contributed by atoms with Crippen molar-refractivity contribution in [2.45, 2.75) is 6.92 Å². The van der Waals surface area contributed by atoms with Crippen LogP contribution in [0, 0.1) is 11.3 Å². The van der Waals surface area contributed by atoms with Gasteiger partial charge in [-0.05, 0) is 55.0 Å². The predicted octanol–water partition coefficient (Wildman–Crippen LogP) is 4.18. The number of carboxylic acids is 1. The summed E-state index contributed by atoms with van der Waals surface area (Å²) in [5.74, 6) is -2.39. The number of carbonyl (C=O) groups excluding carboxylic acids is 2. The lowest BCUT2D eigenvalue weighted by Gasteiger charge is -2.09. The number of hydrogen-bond donors (Lipinski definition) is 2. The molecule has 2 rings (SSSR count). The van der Waals surface area contributed by atoms with Crippen LogP contribution in [0.15, 0.2) is 42.0 Å². The average Bonchev–Trinajstić information content (AvgIpc) is 2.71. The van der Waals surface area contributed by atoms with Crippen molar-refractivity contribution < 1.29 is 29.0 Å². The van der Waals surface area contributed by atoms with Gasteiger partial charge in [0.2, 0.25) is 0 Å². The summed E-state index contributed by atoms with van der Waals surface area (Å²) >= 11 is 12.1. The van der Waals surface area contributed by atoms with E-state index in [9.17, 15) is 19.6 Å². The first-order valence-electron chi connectivity index (χ1n) is 8.79. The first-order valence-corrected chi connectivity index (χ1v) is 9.54. The minimum Gasteiger partial charge on any atom is -0.479 e. The molecule has 1 amide bonds. The molecule has 10 heteroatoms. The highest BCUT2D eigenvalue weighted by molar-refractivity contribution is 6.37. The summed E-state index contributed by atoms with van der Waals surface area (Å²) in [6.07, 6.45) is 1.26. The summed E-state index contributed by atoms with van der Waals surface area (Å²) < 4.78 is 9.91. The molecule has 0 aliphatic heterocycles. The van der Waals surface area contributed by atoms with Gasteiger partial charge in [0.15, 0.2) is 12.4 Å². The fourth-order valence-corrected chi connectivity index (χ4v) is 2.97. The molecule has 0 atom stereocenters. The number of carboxylic acid groups (broad SMARTS) is 1. The zero-order valence-electron chi connectivity index (χ0n) is 16.1. The van der Waals surface area contributed by atoms with E-state index < -0.39 is 24.5 Å². The summed E-state index contributed by atoms with van der Waals surface area (Å²) in [5, 5.41) is 20.6. The molecule has 0 fully saturated rings. The van der Waals surface area contributed by atoms with E-state index in [-0.39, 0.29) is 28.0 Å². The lowest BCUT2D eigenvalue weighted by molar-refractivity contribution is -0.139. The third-order valence-corrected chi connectivity index (χ3v) is 4.25. The van der Waals surface area contributed by atoms with Gasteiger partial charge in [0.05, 0.1) is 22.2 Å². The number of nitriles is 1. The number of amides is 1. The number of halogens is 2. The highest BCUT2D eigenvalue weighted by atomic mass is 35.5. The largest absolute Gasteiger partial charge is 0.479 e. The zero-order chi connectivity index (χ0) is 23.0. The monoisotopic (exact) mass is 462 g/mol. The SMILES string of the molecule is CCOC(=O)c1ccc(NC(=O)/C(C#N)=C/c2cc(Cl)c(OCC(=O)O)c(Cl)c2)cc1. The second-order valence-electron chi connectivity index (χ2n) is 5.92. The minimum absolute atomic E-state index is 0.0206. The molecule has 8 nitrogen and oxygen atoms in total. The van der Waals surface area contributed by atoms with Crippen LogP contribution >= 0.6 is 23.2 Å². The zero-order valence-corrected chi connectivity index (χ0v) is 17.7. The fourth-order valence-electron chi connectivity index (χ4n) is 2.35. The second-order valence-corrected chi connectivity index (χ2v) is 6.73. The molecule has 0 saturated carbocycles. The van der Waals surface area contributed by atoms with Gasteiger partial charge in [-0.15, -0.1) is 0 Å². The maximum Gasteiger partial charge on any atom is 0.341 e. The molecule has 0 aromatic heterocycles. The molecule has 2 N–H and O–H groups in total. The third kappa shape index (κ3) is 6.74. The van der Waals surface area contributed by atoms with Gasteiger partial charge in [0.1, 0.15) is 11.6 Å². The highest BCUT2D eigenvalue weighted by Crippen LogP contribution is 2.35. The molecule has 0 aliphatic carbocycles. The van der Waals surface area contributed by atoms with Crippen LogP contribution in [0.3, 0.4) is 0 Å². The Balaban J connectivity index is 2.18. The number of anilines is 1. The normalized spacial score (nSPS) is 10.7. The Morgan fingerprint density at radius 2 is 1.77 bits per heavy atom. The number of hydrogen-bond acceptors (Lipinski definition) is 6. The van der Waals surface area contributed by atoms with Gasteiger partial charge in [0.25, 0.3) is 5.91 Å². The Hall–Kier alpha value is -3.54. The summed E-state index contributed by atoms with van der Waals surface area (Å²) in [5.41, 5.74) is 0.793. The fraction of sp³-hybridized carbons (Fsp3) is 0.143. The van der Waals surface area contributed by atoms with Crippen molar-refractivity contribution in [3.8, 4) is 11.8 Å². The van der Waals surface area contributed by atoms with E-state index in [1.807, 2.05) is 0 Å². The quantitative estimate of drug-likeness (QED) is 0.342. The van der Waals surface area contributed by atoms with Crippen LogP contribution in [-0.2, 0) is 14.3 Å². The number of benzene rings is 2. The van der Waals surface area contributed by atoms with Gasteiger partial charge in [-0.25, -0.2) is 9.59 Å². The summed E-state index contributed by atoms with van der Waals surface area (Å²) in [6, 6.07) is 10.5. The topological polar surface area (TPSA) is 126 Å². The predicted molar refractivity (Wildman–Crippen MR) is 114 cm³/mol. The van der Waals surface area contributed by atoms with Crippen molar-refractivity contribution >= 4 is 52.8 Å². The number of esters is 1. The van der Waals surface area contributed by atoms with Crippen molar-refractivity contribution in [3.05, 3.63) is 63.1 Å². The number of nitrogens with one attached hydrogen (secondary N) is 1. The van der Waals surface area contributed by atoms with Gasteiger partial charge < -0.3 is 19.9 Å². The first kappa shape index (κ1) is 23.7. The van der Waals surface area contributed by atoms with Crippen LogP contribution in [0.1, 0.15) is 22.8 Å². The van der Waals surface area contributed by atoms with E-state index in [0.717, 1.165) is 0 Å². The van der Waals surface area contributed by atoms with Gasteiger partial charge in [-0.2, -0.15) is 5.26 Å². The molecule has 31 heavy (non-hydrogen) atoms. The standard InChI is InChI=1S/C21H16Cl2N2O6/c1-2-30-21(29)13-3-5-15(6-4-13)25-20(28)14(10-24)7-12-8-16(22)19(17(23)9-12)31-11-18(26)27/h3-9H,2,11H2,1H3,(H,25,28)(H,26,27)/b14-7+. The Bertz CT molecular complexity index is 1050. The summed E-state index contributed by atoms with van der Waals surface area (Å²) in [6.45, 7) is 1.31. The lowest BCUT2D eigenvalue weighted by atomic mass is 10.1. The first-order chi connectivity index (χ1) is 14.7. The Kier molecular flexibility index (Phi) is 8.43. The van der Waals surface area contributed by atoms with E-state index in [2.05, 4.69) is 5.32 Å². The molecule has 0 bridgehead atoms. The van der Waals surface area contributed by atoms with E-state index in [1.165, 1.54) is 42.5 Å². The molecule has 0 radical (unpaired) electrons. The third-order valence-electron chi connectivity index (χ3n) is 3.69.